The van der Waals surface area contributed by atoms with Gasteiger partial charge in [0.15, 0.2) is 0 Å². The summed E-state index contributed by atoms with van der Waals surface area (Å²) < 4.78 is 10.3. The smallest absolute Gasteiger partial charge is 0.306 e. The molecule has 0 saturated carbocycles. The minimum Gasteiger partial charge on any atom is -0.466 e. The molecule has 3 rings (SSSR count). The second-order valence-corrected chi connectivity index (χ2v) is 6.38. The first-order valence-electron chi connectivity index (χ1n) is 8.94. The summed E-state index contributed by atoms with van der Waals surface area (Å²) in [7, 11) is 0. The summed E-state index contributed by atoms with van der Waals surface area (Å²) in [6.07, 6.45) is 1.88. The number of amides is 1. The summed E-state index contributed by atoms with van der Waals surface area (Å²) >= 11 is 0. The van der Waals surface area contributed by atoms with Crippen LogP contribution in [0.3, 0.4) is 0 Å². The lowest BCUT2D eigenvalue weighted by Gasteiger charge is -2.21. The third kappa shape index (κ3) is 4.09. The number of ether oxygens (including phenoxy) is 1. The van der Waals surface area contributed by atoms with E-state index in [0.29, 0.717) is 24.9 Å². The Bertz CT molecular complexity index is 787. The lowest BCUT2D eigenvalue weighted by molar-refractivity contribution is -0.146. The fourth-order valence-electron chi connectivity index (χ4n) is 3.18. The van der Waals surface area contributed by atoms with E-state index in [0.717, 1.165) is 24.0 Å². The van der Waals surface area contributed by atoms with Crippen molar-refractivity contribution in [2.75, 3.05) is 13.2 Å². The van der Waals surface area contributed by atoms with E-state index in [1.807, 2.05) is 31.2 Å². The zero-order valence-corrected chi connectivity index (χ0v) is 15.1. The number of carbonyl (C=O) groups is 2. The lowest BCUT2D eigenvalue weighted by atomic mass is 10.1. The highest BCUT2D eigenvalue weighted by molar-refractivity contribution is 5.81. The van der Waals surface area contributed by atoms with Crippen LogP contribution in [0.2, 0.25) is 0 Å². The molecule has 1 aromatic heterocycles. The second kappa shape index (κ2) is 8.12. The van der Waals surface area contributed by atoms with Crippen LogP contribution in [-0.4, -0.2) is 40.1 Å². The van der Waals surface area contributed by atoms with E-state index in [2.05, 4.69) is 10.1 Å². The number of likely N-dealkylation sites (tertiary alicyclic amines) is 1. The Morgan fingerprint density at radius 1 is 1.35 bits per heavy atom. The van der Waals surface area contributed by atoms with Gasteiger partial charge in [0.1, 0.15) is 6.04 Å². The van der Waals surface area contributed by atoms with Gasteiger partial charge in [-0.2, -0.15) is 4.98 Å². The van der Waals surface area contributed by atoms with E-state index >= 15 is 0 Å². The first-order chi connectivity index (χ1) is 12.6. The average molecular weight is 357 g/mol. The number of nitrogens with zero attached hydrogens (tertiary/aromatic N) is 3. The minimum absolute atomic E-state index is 0.0872. The maximum absolute atomic E-state index is 12.5. The molecule has 2 heterocycles. The van der Waals surface area contributed by atoms with Gasteiger partial charge >= 0.3 is 5.97 Å². The Hall–Kier alpha value is -2.70. The van der Waals surface area contributed by atoms with Gasteiger partial charge in [-0.1, -0.05) is 28.9 Å². The number of aryl methyl sites for hydroxylation is 1. The van der Waals surface area contributed by atoms with E-state index in [4.69, 9.17) is 9.26 Å². The molecule has 0 spiro atoms. The highest BCUT2D eigenvalue weighted by Crippen LogP contribution is 2.32. The molecule has 26 heavy (non-hydrogen) atoms. The Balaban J connectivity index is 1.68. The van der Waals surface area contributed by atoms with E-state index < -0.39 is 0 Å². The van der Waals surface area contributed by atoms with E-state index in [1.54, 1.807) is 11.8 Å². The zero-order valence-electron chi connectivity index (χ0n) is 15.1. The Morgan fingerprint density at radius 3 is 2.96 bits per heavy atom. The molecule has 0 N–H and O–H groups in total. The molecule has 7 heteroatoms. The van der Waals surface area contributed by atoms with Crippen LogP contribution < -0.4 is 0 Å². The maximum Gasteiger partial charge on any atom is 0.306 e. The topological polar surface area (TPSA) is 85.5 Å². The van der Waals surface area contributed by atoms with Crippen molar-refractivity contribution >= 4 is 11.9 Å². The molecule has 0 bridgehead atoms. The van der Waals surface area contributed by atoms with Gasteiger partial charge in [0, 0.05) is 18.5 Å². The normalized spacial score (nSPS) is 16.7. The van der Waals surface area contributed by atoms with Crippen LogP contribution in [0.5, 0.6) is 0 Å². The summed E-state index contributed by atoms with van der Waals surface area (Å²) in [5, 5.41) is 4.07. The van der Waals surface area contributed by atoms with Crippen molar-refractivity contribution < 1.29 is 18.8 Å². The summed E-state index contributed by atoms with van der Waals surface area (Å²) in [6.45, 7) is 4.71. The maximum atomic E-state index is 12.5. The highest BCUT2D eigenvalue weighted by Gasteiger charge is 2.34. The van der Waals surface area contributed by atoms with E-state index in [-0.39, 0.29) is 30.8 Å². The van der Waals surface area contributed by atoms with Crippen molar-refractivity contribution in [3.63, 3.8) is 0 Å². The van der Waals surface area contributed by atoms with Gasteiger partial charge in [0.05, 0.1) is 13.0 Å². The fourth-order valence-corrected chi connectivity index (χ4v) is 3.18. The quantitative estimate of drug-likeness (QED) is 0.739. The average Bonchev–Trinajstić information content (AvgIpc) is 3.29. The molecule has 2 aromatic rings. The van der Waals surface area contributed by atoms with Crippen LogP contribution in [0.25, 0.3) is 11.4 Å². The number of carbonyl (C=O) groups excluding carboxylic acids is 2. The lowest BCUT2D eigenvalue weighted by Crippen LogP contribution is -2.31. The molecular weight excluding hydrogens is 334 g/mol. The number of hydrogen-bond acceptors (Lipinski definition) is 6. The first kappa shape index (κ1) is 18.1. The van der Waals surface area contributed by atoms with Crippen molar-refractivity contribution in [3.8, 4) is 11.4 Å². The molecule has 0 radical (unpaired) electrons. The van der Waals surface area contributed by atoms with Gasteiger partial charge in [-0.15, -0.1) is 0 Å². The molecule has 1 atom stereocenters. The predicted molar refractivity (Wildman–Crippen MR) is 94.0 cm³/mol. The molecule has 138 valence electrons. The van der Waals surface area contributed by atoms with Crippen molar-refractivity contribution in [1.29, 1.82) is 0 Å². The summed E-state index contributed by atoms with van der Waals surface area (Å²) in [6, 6.07) is 7.65. The van der Waals surface area contributed by atoms with Crippen molar-refractivity contribution in [2.45, 2.75) is 45.6 Å². The van der Waals surface area contributed by atoms with Crippen molar-refractivity contribution in [2.24, 2.45) is 0 Å². The fraction of sp³-hybridized carbons (Fsp3) is 0.474. The first-order valence-corrected chi connectivity index (χ1v) is 8.94. The van der Waals surface area contributed by atoms with Crippen LogP contribution in [0.15, 0.2) is 28.8 Å². The number of hydrogen-bond donors (Lipinski definition) is 0. The van der Waals surface area contributed by atoms with Gasteiger partial charge in [0.2, 0.25) is 17.6 Å². The number of benzene rings is 1. The summed E-state index contributed by atoms with van der Waals surface area (Å²) in [4.78, 5) is 30.2. The van der Waals surface area contributed by atoms with E-state index in [1.165, 1.54) is 0 Å². The highest BCUT2D eigenvalue weighted by atomic mass is 16.5. The van der Waals surface area contributed by atoms with E-state index in [9.17, 15) is 9.59 Å². The standard InChI is InChI=1S/C19H23N3O4/c1-3-25-17(24)10-9-16(23)22-11-5-8-15(22)19-20-18(21-26-19)14-7-4-6-13(2)12-14/h4,6-7,12,15H,3,5,8-11H2,1-2H3. The molecule has 1 aliphatic heterocycles. The predicted octanol–water partition coefficient (Wildman–Crippen LogP) is 3.05. The van der Waals surface area contributed by atoms with Gasteiger partial charge in [-0.3, -0.25) is 9.59 Å². The van der Waals surface area contributed by atoms with Crippen LogP contribution >= 0.6 is 0 Å². The zero-order chi connectivity index (χ0) is 18.5. The summed E-state index contributed by atoms with van der Waals surface area (Å²) in [5.41, 5.74) is 2.00. The Labute approximate surface area is 152 Å². The van der Waals surface area contributed by atoms with Crippen molar-refractivity contribution in [1.82, 2.24) is 15.0 Å². The molecule has 1 aliphatic rings. The molecule has 1 unspecified atom stereocenters. The molecule has 1 saturated heterocycles. The summed E-state index contributed by atoms with van der Waals surface area (Å²) in [5.74, 6) is 0.532. The van der Waals surface area contributed by atoms with Crippen molar-refractivity contribution in [3.05, 3.63) is 35.7 Å². The minimum atomic E-state index is -0.351. The van der Waals surface area contributed by atoms with Gasteiger partial charge in [0.25, 0.3) is 0 Å². The molecule has 1 aromatic carbocycles. The number of esters is 1. The molecule has 1 fully saturated rings. The molecular formula is C19H23N3O4. The third-order valence-electron chi connectivity index (χ3n) is 4.42. The number of aromatic nitrogens is 2. The van der Waals surface area contributed by atoms with Crippen LogP contribution in [0.4, 0.5) is 0 Å². The van der Waals surface area contributed by atoms with Gasteiger partial charge in [-0.05, 0) is 32.8 Å². The van der Waals surface area contributed by atoms with Crippen LogP contribution in [0, 0.1) is 6.92 Å². The number of rotatable bonds is 6. The molecule has 1 amide bonds. The monoisotopic (exact) mass is 357 g/mol. The van der Waals surface area contributed by atoms with Gasteiger partial charge < -0.3 is 14.2 Å². The Morgan fingerprint density at radius 2 is 2.19 bits per heavy atom. The second-order valence-electron chi connectivity index (χ2n) is 6.38. The molecule has 0 aliphatic carbocycles. The van der Waals surface area contributed by atoms with Crippen LogP contribution in [-0.2, 0) is 14.3 Å². The largest absolute Gasteiger partial charge is 0.466 e. The Kier molecular flexibility index (Phi) is 5.65. The van der Waals surface area contributed by atoms with Gasteiger partial charge in [-0.25, -0.2) is 0 Å². The van der Waals surface area contributed by atoms with Crippen LogP contribution in [0.1, 0.15) is 50.1 Å². The SMILES string of the molecule is CCOC(=O)CCC(=O)N1CCCC1c1nc(-c2cccc(C)c2)no1. The molecule has 7 nitrogen and oxygen atoms in total. The third-order valence-corrected chi connectivity index (χ3v) is 4.42.